The van der Waals surface area contributed by atoms with Crippen LogP contribution in [0, 0.1) is 0 Å². The van der Waals surface area contributed by atoms with Crippen LogP contribution in [0.15, 0.2) is 134 Å². The fourth-order valence-electron chi connectivity index (χ4n) is 6.44. The summed E-state index contributed by atoms with van der Waals surface area (Å²) in [5.74, 6) is -1.08. The van der Waals surface area contributed by atoms with Crippen molar-refractivity contribution in [1.29, 1.82) is 0 Å². The third kappa shape index (κ3) is 50.5. The van der Waals surface area contributed by atoms with E-state index in [4.69, 9.17) is 14.2 Å². The van der Waals surface area contributed by atoms with Crippen LogP contribution in [0.25, 0.3) is 0 Å². The number of carbonyl (C=O) groups excluding carboxylic acids is 3. The van der Waals surface area contributed by atoms with Gasteiger partial charge in [-0.05, 0) is 128 Å². The van der Waals surface area contributed by atoms with Crippen LogP contribution in [0.5, 0.6) is 0 Å². The summed E-state index contributed by atoms with van der Waals surface area (Å²) in [6, 6.07) is 0. The molecule has 0 fully saturated rings. The predicted octanol–water partition coefficient (Wildman–Crippen LogP) is 17.5. The van der Waals surface area contributed by atoms with Crippen LogP contribution in [0.1, 0.15) is 207 Å². The molecule has 6 nitrogen and oxygen atoms in total. The van der Waals surface area contributed by atoms with Crippen LogP contribution >= 0.6 is 0 Å². The normalized spacial score (nSPS) is 13.2. The molecule has 66 heavy (non-hydrogen) atoms. The van der Waals surface area contributed by atoms with Gasteiger partial charge in [0.15, 0.2) is 6.10 Å². The summed E-state index contributed by atoms with van der Waals surface area (Å²) < 4.78 is 16.7. The minimum atomic E-state index is -0.843. The van der Waals surface area contributed by atoms with Gasteiger partial charge in [-0.2, -0.15) is 0 Å². The van der Waals surface area contributed by atoms with Gasteiger partial charge in [0.25, 0.3) is 0 Å². The van der Waals surface area contributed by atoms with Crippen LogP contribution in [0.2, 0.25) is 0 Å². The maximum atomic E-state index is 12.8. The molecular weight excluding hydrogens is 817 g/mol. The summed E-state index contributed by atoms with van der Waals surface area (Å²) in [6.45, 7) is 6.33. The van der Waals surface area contributed by atoms with Gasteiger partial charge < -0.3 is 14.2 Å². The molecule has 0 saturated heterocycles. The highest BCUT2D eigenvalue weighted by atomic mass is 16.6. The van der Waals surface area contributed by atoms with Gasteiger partial charge in [0.2, 0.25) is 0 Å². The van der Waals surface area contributed by atoms with Crippen molar-refractivity contribution in [2.45, 2.75) is 213 Å². The third-order valence-electron chi connectivity index (χ3n) is 10.4. The van der Waals surface area contributed by atoms with E-state index in [1.165, 1.54) is 51.4 Å². The second-order valence-electron chi connectivity index (χ2n) is 16.7. The maximum absolute atomic E-state index is 12.8. The van der Waals surface area contributed by atoms with E-state index < -0.39 is 12.1 Å². The Balaban J connectivity index is 4.63. The van der Waals surface area contributed by atoms with Gasteiger partial charge >= 0.3 is 17.9 Å². The van der Waals surface area contributed by atoms with Gasteiger partial charge in [-0.3, -0.25) is 14.4 Å². The van der Waals surface area contributed by atoms with Crippen molar-refractivity contribution < 1.29 is 28.6 Å². The maximum Gasteiger partial charge on any atom is 0.306 e. The molecule has 0 saturated carbocycles. The first-order valence-corrected chi connectivity index (χ1v) is 26.2. The van der Waals surface area contributed by atoms with Crippen LogP contribution < -0.4 is 0 Å². The number of carbonyl (C=O) groups is 3. The lowest BCUT2D eigenvalue weighted by atomic mass is 10.1. The van der Waals surface area contributed by atoms with E-state index in [0.29, 0.717) is 19.3 Å². The van der Waals surface area contributed by atoms with E-state index in [1.54, 1.807) is 0 Å². The van der Waals surface area contributed by atoms with Gasteiger partial charge in [-0.15, -0.1) is 0 Å². The number of esters is 3. The molecule has 0 aliphatic heterocycles. The Hall–Kier alpha value is -4.45. The molecule has 0 amide bonds. The van der Waals surface area contributed by atoms with Gasteiger partial charge in [0, 0.05) is 19.3 Å². The molecule has 0 aliphatic carbocycles. The zero-order valence-electron chi connectivity index (χ0n) is 42.1. The minimum absolute atomic E-state index is 0.134. The number of ether oxygens (including phenoxy) is 3. The summed E-state index contributed by atoms with van der Waals surface area (Å²) in [5, 5.41) is 0. The largest absolute Gasteiger partial charge is 0.462 e. The zero-order valence-corrected chi connectivity index (χ0v) is 42.1. The second-order valence-corrected chi connectivity index (χ2v) is 16.7. The van der Waals surface area contributed by atoms with E-state index in [1.807, 2.05) is 0 Å². The summed E-state index contributed by atoms with van der Waals surface area (Å²) in [5.41, 5.74) is 0. The van der Waals surface area contributed by atoms with Crippen LogP contribution in [0.3, 0.4) is 0 Å². The first-order valence-electron chi connectivity index (χ1n) is 26.2. The smallest absolute Gasteiger partial charge is 0.306 e. The fraction of sp³-hybridized carbons (Fsp3) is 0.583. The van der Waals surface area contributed by atoms with Gasteiger partial charge in [-0.25, -0.2) is 0 Å². The Kier molecular flexibility index (Phi) is 49.6. The van der Waals surface area contributed by atoms with Crippen molar-refractivity contribution in [2.75, 3.05) is 13.2 Å². The molecule has 0 spiro atoms. The first kappa shape index (κ1) is 61.5. The SMILES string of the molecule is CC/C=C\C/C=C\C/C=C\CCCCCCC(=O)OCC(COC(=O)CCC/C=C\C/C=C\C/C=C\C/C=C\CCCCC)OC(=O)CCC/C=C\C/C=C\C/C=C\C/C=C\CCCCC. The zero-order chi connectivity index (χ0) is 47.9. The molecule has 0 bridgehead atoms. The standard InChI is InChI=1S/C60H94O6/c1-4-7-10-13-16-19-22-25-28-30-32-35-38-41-44-47-50-53-59(62)65-56-57(55-64-58(61)52-49-46-43-40-37-34-27-24-21-18-15-12-9-6-3)66-60(63)54-51-48-45-42-39-36-33-31-29-26-23-20-17-14-11-8-5-2/h9,12,16-21,25-29,32-36,41-42,44-45,57H,4-8,10-11,13-15,22-24,30-31,37-40,43,46-56H2,1-3H3/b12-9-,19-16-,20-17-,21-18-,28-25-,29-26-,34-27-,35-32-,36-33-,44-41-,45-42-. The Bertz CT molecular complexity index is 1460. The van der Waals surface area contributed by atoms with Gasteiger partial charge in [0.05, 0.1) is 0 Å². The molecule has 6 heteroatoms. The summed E-state index contributed by atoms with van der Waals surface area (Å²) >= 11 is 0. The highest BCUT2D eigenvalue weighted by molar-refractivity contribution is 5.71. The van der Waals surface area contributed by atoms with E-state index in [0.717, 1.165) is 103 Å². The number of hydrogen-bond donors (Lipinski definition) is 0. The Morgan fingerprint density at radius 1 is 0.318 bits per heavy atom. The fourth-order valence-corrected chi connectivity index (χ4v) is 6.44. The van der Waals surface area contributed by atoms with Crippen molar-refractivity contribution in [3.05, 3.63) is 134 Å². The highest BCUT2D eigenvalue weighted by Gasteiger charge is 2.19. The molecule has 0 rings (SSSR count). The average molecular weight is 911 g/mol. The van der Waals surface area contributed by atoms with Crippen LogP contribution in [-0.4, -0.2) is 37.2 Å². The minimum Gasteiger partial charge on any atom is -0.462 e. The molecule has 1 atom stereocenters. The quantitative estimate of drug-likeness (QED) is 0.0262. The average Bonchev–Trinajstić information content (AvgIpc) is 3.31. The number of hydrogen-bond acceptors (Lipinski definition) is 6. The van der Waals surface area contributed by atoms with Gasteiger partial charge in [0.1, 0.15) is 13.2 Å². The lowest BCUT2D eigenvalue weighted by Gasteiger charge is -2.18. The van der Waals surface area contributed by atoms with Crippen LogP contribution in [0.4, 0.5) is 0 Å². The van der Waals surface area contributed by atoms with Gasteiger partial charge in [-0.1, -0.05) is 193 Å². The molecular formula is C60H94O6. The summed E-state index contributed by atoms with van der Waals surface area (Å²) in [4.78, 5) is 38.0. The van der Waals surface area contributed by atoms with E-state index >= 15 is 0 Å². The molecule has 0 aromatic rings. The molecule has 0 N–H and O–H groups in total. The highest BCUT2D eigenvalue weighted by Crippen LogP contribution is 2.10. The number of allylic oxidation sites excluding steroid dienone is 22. The Morgan fingerprint density at radius 3 is 0.970 bits per heavy atom. The molecule has 370 valence electrons. The Morgan fingerprint density at radius 2 is 0.606 bits per heavy atom. The second kappa shape index (κ2) is 53.2. The van der Waals surface area contributed by atoms with Crippen molar-refractivity contribution >= 4 is 17.9 Å². The first-order chi connectivity index (χ1) is 32.5. The molecule has 0 aliphatic rings. The van der Waals surface area contributed by atoms with E-state index in [9.17, 15) is 14.4 Å². The molecule has 0 radical (unpaired) electrons. The molecule has 1 unspecified atom stereocenters. The number of unbranched alkanes of at least 4 members (excludes halogenated alkanes) is 12. The van der Waals surface area contributed by atoms with Crippen molar-refractivity contribution in [1.82, 2.24) is 0 Å². The third-order valence-corrected chi connectivity index (χ3v) is 10.4. The topological polar surface area (TPSA) is 78.9 Å². The van der Waals surface area contributed by atoms with E-state index in [2.05, 4.69) is 154 Å². The molecule has 0 aromatic carbocycles. The number of rotatable bonds is 45. The van der Waals surface area contributed by atoms with Crippen molar-refractivity contribution in [3.8, 4) is 0 Å². The Labute approximate surface area is 405 Å². The van der Waals surface area contributed by atoms with E-state index in [-0.39, 0.29) is 38.0 Å². The van der Waals surface area contributed by atoms with Crippen molar-refractivity contribution in [3.63, 3.8) is 0 Å². The monoisotopic (exact) mass is 911 g/mol. The summed E-state index contributed by atoms with van der Waals surface area (Å²) in [6.07, 6.45) is 74.4. The van der Waals surface area contributed by atoms with Crippen LogP contribution in [-0.2, 0) is 28.6 Å². The van der Waals surface area contributed by atoms with Crippen molar-refractivity contribution in [2.24, 2.45) is 0 Å². The lowest BCUT2D eigenvalue weighted by molar-refractivity contribution is -0.167. The lowest BCUT2D eigenvalue weighted by Crippen LogP contribution is -2.30. The summed E-state index contributed by atoms with van der Waals surface area (Å²) in [7, 11) is 0. The molecule has 0 heterocycles. The predicted molar refractivity (Wildman–Crippen MR) is 283 cm³/mol. The molecule has 0 aromatic heterocycles.